The van der Waals surface area contributed by atoms with E-state index in [0.717, 1.165) is 25.2 Å². The van der Waals surface area contributed by atoms with Gasteiger partial charge in [0.15, 0.2) is 0 Å². The number of hydrogen-bond acceptors (Lipinski definition) is 5. The first kappa shape index (κ1) is 16.4. The van der Waals surface area contributed by atoms with Gasteiger partial charge in [0.1, 0.15) is 5.60 Å². The van der Waals surface area contributed by atoms with Crippen molar-refractivity contribution < 1.29 is 9.26 Å². The molecule has 1 heterocycles. The van der Waals surface area contributed by atoms with Crippen LogP contribution in [-0.2, 0) is 10.3 Å². The first-order valence-electron chi connectivity index (χ1n) is 8.25. The van der Waals surface area contributed by atoms with Crippen molar-refractivity contribution in [3.8, 4) is 0 Å². The number of nitrogens with zero attached hydrogens (tertiary/aromatic N) is 2. The number of hydrogen-bond donors (Lipinski definition) is 1. The van der Waals surface area contributed by atoms with Crippen LogP contribution in [0.15, 0.2) is 4.52 Å². The summed E-state index contributed by atoms with van der Waals surface area (Å²) in [6, 6.07) is 0.316. The van der Waals surface area contributed by atoms with Crippen LogP contribution in [0.3, 0.4) is 0 Å². The van der Waals surface area contributed by atoms with Gasteiger partial charge in [-0.15, -0.1) is 0 Å². The Balaban J connectivity index is 2.17. The predicted molar refractivity (Wildman–Crippen MR) is 82.2 cm³/mol. The van der Waals surface area contributed by atoms with Crippen molar-refractivity contribution in [3.05, 3.63) is 11.7 Å². The van der Waals surface area contributed by atoms with Crippen LogP contribution in [0.1, 0.15) is 76.9 Å². The number of aromatic nitrogens is 2. The third-order valence-corrected chi connectivity index (χ3v) is 4.82. The van der Waals surface area contributed by atoms with Crippen molar-refractivity contribution in [1.82, 2.24) is 15.5 Å². The van der Waals surface area contributed by atoms with Crippen LogP contribution in [0, 0.1) is 0 Å². The number of likely N-dealkylation sites (N-methyl/N-ethyl adjacent to an activating group) is 1. The van der Waals surface area contributed by atoms with Gasteiger partial charge in [-0.1, -0.05) is 44.7 Å². The summed E-state index contributed by atoms with van der Waals surface area (Å²) < 4.78 is 11.4. The zero-order valence-electron chi connectivity index (χ0n) is 13.8. The van der Waals surface area contributed by atoms with Gasteiger partial charge in [0.25, 0.3) is 0 Å². The standard InChI is InChI=1S/C16H29N3O2/c1-5-17-13(3)12(2)14-18-15(19-21-14)16(20-4)10-8-6-7-9-11-16/h12-13,17H,5-11H2,1-4H3. The lowest BCUT2D eigenvalue weighted by Crippen LogP contribution is -2.31. The van der Waals surface area contributed by atoms with Crippen molar-refractivity contribution in [2.75, 3.05) is 13.7 Å². The van der Waals surface area contributed by atoms with Crippen molar-refractivity contribution in [2.45, 2.75) is 76.9 Å². The molecule has 0 saturated heterocycles. The van der Waals surface area contributed by atoms with Gasteiger partial charge in [-0.3, -0.25) is 0 Å². The van der Waals surface area contributed by atoms with Crippen LogP contribution in [0.5, 0.6) is 0 Å². The maximum Gasteiger partial charge on any atom is 0.231 e. The topological polar surface area (TPSA) is 60.2 Å². The summed E-state index contributed by atoms with van der Waals surface area (Å²) in [7, 11) is 1.77. The number of rotatable bonds is 6. The van der Waals surface area contributed by atoms with Crippen LogP contribution in [0.2, 0.25) is 0 Å². The van der Waals surface area contributed by atoms with E-state index >= 15 is 0 Å². The zero-order chi connectivity index (χ0) is 15.3. The molecule has 0 bridgehead atoms. The second kappa shape index (κ2) is 7.36. The van der Waals surface area contributed by atoms with Gasteiger partial charge in [0.2, 0.25) is 11.7 Å². The van der Waals surface area contributed by atoms with E-state index in [1.807, 2.05) is 0 Å². The predicted octanol–water partition coefficient (Wildman–Crippen LogP) is 3.37. The Morgan fingerprint density at radius 3 is 2.48 bits per heavy atom. The second-order valence-corrected chi connectivity index (χ2v) is 6.20. The average molecular weight is 295 g/mol. The molecule has 2 unspecified atom stereocenters. The molecule has 1 aromatic rings. The molecule has 1 fully saturated rings. The van der Waals surface area contributed by atoms with E-state index in [1.165, 1.54) is 25.7 Å². The second-order valence-electron chi connectivity index (χ2n) is 6.20. The van der Waals surface area contributed by atoms with Crippen molar-refractivity contribution in [3.63, 3.8) is 0 Å². The SMILES string of the molecule is CCNC(C)C(C)c1nc(C2(OC)CCCCCC2)no1. The minimum Gasteiger partial charge on any atom is -0.370 e. The molecule has 2 rings (SSSR count). The molecule has 1 N–H and O–H groups in total. The van der Waals surface area contributed by atoms with Gasteiger partial charge in [-0.05, 0) is 26.3 Å². The Morgan fingerprint density at radius 1 is 1.24 bits per heavy atom. The lowest BCUT2D eigenvalue weighted by molar-refractivity contribution is -0.0365. The smallest absolute Gasteiger partial charge is 0.231 e. The summed E-state index contributed by atoms with van der Waals surface area (Å²) in [6.07, 6.45) is 6.84. The molecule has 1 aliphatic rings. The minimum absolute atomic E-state index is 0.200. The highest BCUT2D eigenvalue weighted by Crippen LogP contribution is 2.37. The highest BCUT2D eigenvalue weighted by molar-refractivity contribution is 5.05. The Hall–Kier alpha value is -0.940. The first-order chi connectivity index (χ1) is 10.1. The molecule has 21 heavy (non-hydrogen) atoms. The van der Waals surface area contributed by atoms with E-state index in [0.29, 0.717) is 11.9 Å². The molecule has 0 aromatic carbocycles. The van der Waals surface area contributed by atoms with Crippen LogP contribution in [0.4, 0.5) is 0 Å². The minimum atomic E-state index is -0.348. The molecule has 2 atom stereocenters. The molecule has 5 heteroatoms. The van der Waals surface area contributed by atoms with E-state index in [1.54, 1.807) is 7.11 Å². The molecule has 0 amide bonds. The summed E-state index contributed by atoms with van der Waals surface area (Å²) >= 11 is 0. The van der Waals surface area contributed by atoms with Crippen molar-refractivity contribution in [2.24, 2.45) is 0 Å². The zero-order valence-corrected chi connectivity index (χ0v) is 13.8. The molecule has 0 spiro atoms. The highest BCUT2D eigenvalue weighted by Gasteiger charge is 2.38. The summed E-state index contributed by atoms with van der Waals surface area (Å²) in [6.45, 7) is 7.31. The summed E-state index contributed by atoms with van der Waals surface area (Å²) in [4.78, 5) is 4.68. The Kier molecular flexibility index (Phi) is 5.76. The Morgan fingerprint density at radius 2 is 1.90 bits per heavy atom. The highest BCUT2D eigenvalue weighted by atomic mass is 16.5. The lowest BCUT2D eigenvalue weighted by Gasteiger charge is -2.27. The fourth-order valence-corrected chi connectivity index (χ4v) is 3.14. The van der Waals surface area contributed by atoms with Crippen molar-refractivity contribution in [1.29, 1.82) is 0 Å². The van der Waals surface area contributed by atoms with Crippen LogP contribution in [-0.4, -0.2) is 29.8 Å². The third-order valence-electron chi connectivity index (χ3n) is 4.82. The molecular formula is C16H29N3O2. The molecular weight excluding hydrogens is 266 g/mol. The maximum absolute atomic E-state index is 5.85. The third kappa shape index (κ3) is 3.64. The van der Waals surface area contributed by atoms with E-state index in [9.17, 15) is 0 Å². The fourth-order valence-electron chi connectivity index (χ4n) is 3.14. The largest absolute Gasteiger partial charge is 0.370 e. The van der Waals surface area contributed by atoms with Gasteiger partial charge in [0, 0.05) is 13.2 Å². The Bertz CT molecular complexity index is 425. The molecule has 1 aliphatic carbocycles. The lowest BCUT2D eigenvalue weighted by atomic mass is 9.93. The van der Waals surface area contributed by atoms with E-state index in [4.69, 9.17) is 9.26 Å². The number of nitrogens with one attached hydrogen (secondary N) is 1. The summed E-state index contributed by atoms with van der Waals surface area (Å²) in [5.74, 6) is 1.64. The molecule has 5 nitrogen and oxygen atoms in total. The summed E-state index contributed by atoms with van der Waals surface area (Å²) in [5.41, 5.74) is -0.348. The van der Waals surface area contributed by atoms with E-state index in [2.05, 4.69) is 36.2 Å². The average Bonchev–Trinajstić information content (AvgIpc) is 2.86. The number of methoxy groups -OCH3 is 1. The normalized spacial score (nSPS) is 21.7. The number of ether oxygens (including phenoxy) is 1. The molecule has 120 valence electrons. The fraction of sp³-hybridized carbons (Fsp3) is 0.875. The van der Waals surface area contributed by atoms with E-state index in [-0.39, 0.29) is 11.5 Å². The maximum atomic E-state index is 5.85. The van der Waals surface area contributed by atoms with E-state index < -0.39 is 0 Å². The van der Waals surface area contributed by atoms with Crippen LogP contribution >= 0.6 is 0 Å². The van der Waals surface area contributed by atoms with Crippen LogP contribution < -0.4 is 5.32 Å². The molecule has 0 aliphatic heterocycles. The molecule has 1 aromatic heterocycles. The molecule has 0 radical (unpaired) electrons. The Labute approximate surface area is 127 Å². The van der Waals surface area contributed by atoms with Gasteiger partial charge < -0.3 is 14.6 Å². The quantitative estimate of drug-likeness (QED) is 0.815. The van der Waals surface area contributed by atoms with Gasteiger partial charge >= 0.3 is 0 Å². The monoisotopic (exact) mass is 295 g/mol. The van der Waals surface area contributed by atoms with Gasteiger partial charge in [0.05, 0.1) is 5.92 Å². The van der Waals surface area contributed by atoms with Gasteiger partial charge in [-0.25, -0.2) is 0 Å². The molecule has 1 saturated carbocycles. The van der Waals surface area contributed by atoms with Crippen molar-refractivity contribution >= 4 is 0 Å². The van der Waals surface area contributed by atoms with Crippen LogP contribution in [0.25, 0.3) is 0 Å². The summed E-state index contributed by atoms with van der Waals surface area (Å²) in [5, 5.41) is 7.66. The van der Waals surface area contributed by atoms with Gasteiger partial charge in [-0.2, -0.15) is 4.98 Å². The first-order valence-corrected chi connectivity index (χ1v) is 8.25.